The van der Waals surface area contributed by atoms with E-state index >= 15 is 0 Å². The number of carbonyl (C=O) groups is 1. The van der Waals surface area contributed by atoms with Crippen LogP contribution in [0, 0.1) is 12.7 Å². The van der Waals surface area contributed by atoms with E-state index in [1.165, 1.54) is 7.11 Å². The lowest BCUT2D eigenvalue weighted by molar-refractivity contribution is -0.118. The van der Waals surface area contributed by atoms with Crippen LogP contribution in [0.1, 0.15) is 32.1 Å². The van der Waals surface area contributed by atoms with Crippen molar-refractivity contribution in [2.75, 3.05) is 37.0 Å². The molecule has 11 nitrogen and oxygen atoms in total. The van der Waals surface area contributed by atoms with Crippen LogP contribution in [0.4, 0.5) is 21.8 Å². The maximum absolute atomic E-state index is 14.9. The number of methoxy groups -OCH3 is 1. The fourth-order valence-corrected chi connectivity index (χ4v) is 4.48. The molecular weight excluding hydrogens is 477 g/mol. The Morgan fingerprint density at radius 1 is 1.14 bits per heavy atom. The molecule has 1 saturated heterocycles. The summed E-state index contributed by atoms with van der Waals surface area (Å²) in [7, 11) is 1.50. The number of hydrogen-bond acceptors (Lipinski definition) is 9. The summed E-state index contributed by atoms with van der Waals surface area (Å²) < 4.78 is 22.4. The monoisotopic (exact) mass is 505 g/mol. The van der Waals surface area contributed by atoms with Gasteiger partial charge >= 0.3 is 0 Å². The number of nitrogens with zero attached hydrogens (tertiary/aromatic N) is 7. The van der Waals surface area contributed by atoms with Crippen LogP contribution in [-0.2, 0) is 4.79 Å². The summed E-state index contributed by atoms with van der Waals surface area (Å²) in [6.07, 6.45) is 3.14. The number of rotatable bonds is 6. The highest BCUT2D eigenvalue weighted by Gasteiger charge is 2.21. The number of halogens is 1. The van der Waals surface area contributed by atoms with E-state index in [2.05, 4.69) is 35.6 Å². The fourth-order valence-electron chi connectivity index (χ4n) is 4.48. The highest BCUT2D eigenvalue weighted by molar-refractivity contribution is 5.93. The third kappa shape index (κ3) is 4.79. The highest BCUT2D eigenvalue weighted by Crippen LogP contribution is 2.32. The molecule has 0 aliphatic carbocycles. The minimum atomic E-state index is -0.622. The van der Waals surface area contributed by atoms with Crippen molar-refractivity contribution < 1.29 is 13.9 Å². The number of aryl methyl sites for hydroxylation is 1. The summed E-state index contributed by atoms with van der Waals surface area (Å²) in [5.41, 5.74) is 2.41. The summed E-state index contributed by atoms with van der Waals surface area (Å²) in [4.78, 5) is 36.0. The molecule has 4 aromatic heterocycles. The number of hydrogen-bond donors (Lipinski definition) is 2. The van der Waals surface area contributed by atoms with Crippen molar-refractivity contribution in [3.05, 3.63) is 42.2 Å². The second-order valence-electron chi connectivity index (χ2n) is 8.97. The molecule has 0 aromatic carbocycles. The van der Waals surface area contributed by atoms with E-state index in [0.29, 0.717) is 42.2 Å². The summed E-state index contributed by atoms with van der Waals surface area (Å²) in [5.74, 6) is 1.13. The number of ether oxygens (including phenoxy) is 1. The zero-order valence-corrected chi connectivity index (χ0v) is 21.1. The van der Waals surface area contributed by atoms with E-state index in [1.807, 2.05) is 25.3 Å². The number of amides is 1. The Morgan fingerprint density at radius 3 is 2.70 bits per heavy atom. The lowest BCUT2D eigenvalue weighted by Crippen LogP contribution is -2.32. The predicted octanol–water partition coefficient (Wildman–Crippen LogP) is 3.39. The number of pyridine rings is 2. The van der Waals surface area contributed by atoms with E-state index < -0.39 is 5.82 Å². The van der Waals surface area contributed by atoms with Crippen molar-refractivity contribution in [2.45, 2.75) is 33.2 Å². The fraction of sp³-hybridized carbons (Fsp3) is 0.360. The Morgan fingerprint density at radius 2 is 1.97 bits per heavy atom. The first-order valence-electron chi connectivity index (χ1n) is 12.1. The van der Waals surface area contributed by atoms with Gasteiger partial charge < -0.3 is 24.8 Å². The van der Waals surface area contributed by atoms with Crippen molar-refractivity contribution in [2.24, 2.45) is 0 Å². The molecule has 1 aliphatic rings. The molecule has 5 rings (SSSR count). The molecule has 5 heterocycles. The molecule has 0 saturated carbocycles. The largest absolute Gasteiger partial charge is 0.479 e. The highest BCUT2D eigenvalue weighted by atomic mass is 19.1. The van der Waals surface area contributed by atoms with Gasteiger partial charge in [0.05, 0.1) is 36.4 Å². The molecule has 1 aliphatic heterocycles. The van der Waals surface area contributed by atoms with Gasteiger partial charge in [-0.05, 0) is 39.0 Å². The van der Waals surface area contributed by atoms with Crippen LogP contribution in [0.15, 0.2) is 30.6 Å². The van der Waals surface area contributed by atoms with Crippen LogP contribution in [0.2, 0.25) is 0 Å². The maximum Gasteiger partial charge on any atom is 0.242 e. The van der Waals surface area contributed by atoms with Crippen LogP contribution in [0.3, 0.4) is 0 Å². The topological polar surface area (TPSA) is 123 Å². The van der Waals surface area contributed by atoms with Crippen LogP contribution >= 0.6 is 0 Å². The number of nitrogens with one attached hydrogen (secondary N) is 2. The number of fused-ring (bicyclic) bond motifs is 1. The Balaban J connectivity index is 1.46. The van der Waals surface area contributed by atoms with E-state index in [9.17, 15) is 9.18 Å². The van der Waals surface area contributed by atoms with Gasteiger partial charge in [-0.1, -0.05) is 0 Å². The van der Waals surface area contributed by atoms with Gasteiger partial charge in [0.15, 0.2) is 11.3 Å². The third-order valence-electron chi connectivity index (χ3n) is 6.15. The third-order valence-corrected chi connectivity index (χ3v) is 6.15. The molecule has 0 atom stereocenters. The first kappa shape index (κ1) is 24.5. The Bertz CT molecular complexity index is 1450. The quantitative estimate of drug-likeness (QED) is 0.406. The smallest absolute Gasteiger partial charge is 0.242 e. The van der Waals surface area contributed by atoms with E-state index in [1.54, 1.807) is 29.3 Å². The second kappa shape index (κ2) is 10.1. The first-order chi connectivity index (χ1) is 17.9. The molecule has 12 heteroatoms. The molecule has 1 fully saturated rings. The number of carbonyl (C=O) groups excluding carboxylic acids is 1. The average Bonchev–Trinajstić information content (AvgIpc) is 3.07. The molecular formula is C25H28FN9O2. The Hall–Kier alpha value is -4.19. The summed E-state index contributed by atoms with van der Waals surface area (Å²) in [6, 6.07) is 5.42. The molecule has 0 bridgehead atoms. The summed E-state index contributed by atoms with van der Waals surface area (Å²) in [6.45, 7) is 7.97. The normalized spacial score (nSPS) is 14.3. The molecule has 0 spiro atoms. The van der Waals surface area contributed by atoms with Gasteiger partial charge in [0.25, 0.3) is 0 Å². The van der Waals surface area contributed by atoms with Crippen LogP contribution in [0.25, 0.3) is 22.4 Å². The van der Waals surface area contributed by atoms with Gasteiger partial charge in [-0.2, -0.15) is 0 Å². The predicted molar refractivity (Wildman–Crippen MR) is 138 cm³/mol. The van der Waals surface area contributed by atoms with Gasteiger partial charge in [0.2, 0.25) is 17.7 Å². The molecule has 1 amide bonds. The second-order valence-corrected chi connectivity index (χ2v) is 8.97. The van der Waals surface area contributed by atoms with Crippen LogP contribution < -0.4 is 20.3 Å². The molecule has 0 radical (unpaired) electrons. The SMILES string of the molecule is COc1nc(-c2nc(Nc3ccc(N4CCNCCC4=O)cn3)ncc2F)cc2c1nc(C)n2C(C)C. The summed E-state index contributed by atoms with van der Waals surface area (Å²) in [5, 5.41) is 6.21. The van der Waals surface area contributed by atoms with Gasteiger partial charge in [0.1, 0.15) is 17.3 Å². The zero-order chi connectivity index (χ0) is 26.1. The number of imidazole rings is 1. The molecule has 192 valence electrons. The molecule has 37 heavy (non-hydrogen) atoms. The van der Waals surface area contributed by atoms with Crippen molar-refractivity contribution in [1.82, 2.24) is 34.8 Å². The van der Waals surface area contributed by atoms with E-state index in [0.717, 1.165) is 24.1 Å². The van der Waals surface area contributed by atoms with Gasteiger partial charge in [-0.25, -0.2) is 29.3 Å². The van der Waals surface area contributed by atoms with Crippen molar-refractivity contribution in [3.8, 4) is 17.3 Å². The van der Waals surface area contributed by atoms with Crippen molar-refractivity contribution in [1.29, 1.82) is 0 Å². The zero-order valence-electron chi connectivity index (χ0n) is 21.1. The van der Waals surface area contributed by atoms with Crippen molar-refractivity contribution >= 4 is 34.4 Å². The number of aromatic nitrogens is 6. The minimum Gasteiger partial charge on any atom is -0.479 e. The van der Waals surface area contributed by atoms with E-state index in [-0.39, 0.29) is 29.5 Å². The maximum atomic E-state index is 14.9. The average molecular weight is 506 g/mol. The van der Waals surface area contributed by atoms with Gasteiger partial charge in [-0.15, -0.1) is 0 Å². The lowest BCUT2D eigenvalue weighted by atomic mass is 10.2. The minimum absolute atomic E-state index is 0.0196. The van der Waals surface area contributed by atoms with Gasteiger partial charge in [-0.3, -0.25) is 4.79 Å². The first-order valence-corrected chi connectivity index (χ1v) is 12.1. The van der Waals surface area contributed by atoms with Gasteiger partial charge in [0, 0.05) is 32.1 Å². The van der Waals surface area contributed by atoms with Crippen LogP contribution in [-0.4, -0.2) is 62.1 Å². The summed E-state index contributed by atoms with van der Waals surface area (Å²) >= 11 is 0. The van der Waals surface area contributed by atoms with E-state index in [4.69, 9.17) is 4.74 Å². The standard InChI is InChI=1S/C25H28FN9O2/c1-14(2)35-15(3)30-23-19(35)11-18(31-24(23)37-4)22-17(26)13-29-25(33-22)32-20-6-5-16(12-28-20)34-10-9-27-8-7-21(34)36/h5-6,11-14,27H,7-10H2,1-4H3,(H,28,29,32,33). The molecule has 0 unspecified atom stereocenters. The molecule has 4 aromatic rings. The Labute approximate surface area is 213 Å². The lowest BCUT2D eigenvalue weighted by Gasteiger charge is -2.20. The number of anilines is 3. The van der Waals surface area contributed by atoms with Crippen molar-refractivity contribution in [3.63, 3.8) is 0 Å². The molecule has 2 N–H and O–H groups in total. The van der Waals surface area contributed by atoms with Crippen LogP contribution in [0.5, 0.6) is 5.88 Å². The Kier molecular flexibility index (Phi) is 6.66.